The van der Waals surface area contributed by atoms with Crippen LogP contribution in [-0.4, -0.2) is 0 Å². The molecule has 0 aromatic heterocycles. The Morgan fingerprint density at radius 1 is 1.42 bits per heavy atom. The van der Waals surface area contributed by atoms with Gasteiger partial charge in [-0.1, -0.05) is 19.9 Å². The second-order valence-corrected chi connectivity index (χ2v) is 3.05. The van der Waals surface area contributed by atoms with Gasteiger partial charge in [0.2, 0.25) is 0 Å². The van der Waals surface area contributed by atoms with E-state index < -0.39 is 0 Å². The van der Waals surface area contributed by atoms with Gasteiger partial charge in [0.15, 0.2) is 0 Å². The normalized spacial score (nSPS) is 9.92. The second-order valence-electron chi connectivity index (χ2n) is 2.65. The summed E-state index contributed by atoms with van der Waals surface area (Å²) in [5, 5.41) is 0. The summed E-state index contributed by atoms with van der Waals surface area (Å²) in [7, 11) is 0. The fourth-order valence-corrected chi connectivity index (χ4v) is 1.76. The minimum absolute atomic E-state index is 1.05. The van der Waals surface area contributed by atoms with Crippen LogP contribution in [-0.2, 0) is 12.8 Å². The first-order valence-electron chi connectivity index (χ1n) is 4.22. The van der Waals surface area contributed by atoms with Gasteiger partial charge in [-0.15, -0.1) is 0 Å². The Kier molecular flexibility index (Phi) is 3.60. The SMILES string of the molecule is CCc1[c]ccc(NBr)c1CC. The number of rotatable bonds is 3. The Morgan fingerprint density at radius 2 is 2.17 bits per heavy atom. The van der Waals surface area contributed by atoms with Gasteiger partial charge in [0, 0.05) is 21.8 Å². The van der Waals surface area contributed by atoms with E-state index in [4.69, 9.17) is 0 Å². The van der Waals surface area contributed by atoms with E-state index >= 15 is 0 Å². The zero-order valence-electron chi connectivity index (χ0n) is 7.45. The number of hydrogen-bond acceptors (Lipinski definition) is 1. The molecule has 0 fully saturated rings. The molecule has 0 aliphatic carbocycles. The molecule has 0 aliphatic heterocycles. The molecule has 1 aromatic rings. The lowest BCUT2D eigenvalue weighted by Crippen LogP contribution is -1.95. The van der Waals surface area contributed by atoms with Crippen LogP contribution in [0.25, 0.3) is 0 Å². The number of hydrogen-bond donors (Lipinski definition) is 1. The van der Waals surface area contributed by atoms with Gasteiger partial charge in [-0.25, -0.2) is 0 Å². The maximum atomic E-state index is 3.25. The van der Waals surface area contributed by atoms with Gasteiger partial charge in [0.1, 0.15) is 0 Å². The summed E-state index contributed by atoms with van der Waals surface area (Å²) in [6.45, 7) is 4.32. The van der Waals surface area contributed by atoms with Crippen LogP contribution in [0.4, 0.5) is 5.69 Å². The van der Waals surface area contributed by atoms with Crippen molar-refractivity contribution in [3.05, 3.63) is 29.3 Å². The van der Waals surface area contributed by atoms with Gasteiger partial charge >= 0.3 is 0 Å². The van der Waals surface area contributed by atoms with E-state index in [1.165, 1.54) is 11.1 Å². The van der Waals surface area contributed by atoms with Crippen molar-refractivity contribution in [3.63, 3.8) is 0 Å². The molecule has 1 N–H and O–H groups in total. The van der Waals surface area contributed by atoms with Crippen molar-refractivity contribution < 1.29 is 0 Å². The minimum Gasteiger partial charge on any atom is -0.322 e. The first kappa shape index (κ1) is 9.59. The molecule has 0 saturated carbocycles. The third-order valence-corrected chi connectivity index (χ3v) is 2.43. The molecule has 0 heterocycles. The fourth-order valence-electron chi connectivity index (χ4n) is 1.38. The van der Waals surface area contributed by atoms with Gasteiger partial charge < -0.3 is 4.34 Å². The van der Waals surface area contributed by atoms with Crippen LogP contribution in [0.2, 0.25) is 0 Å². The van der Waals surface area contributed by atoms with Crippen molar-refractivity contribution in [2.75, 3.05) is 4.34 Å². The Hall–Kier alpha value is -0.500. The van der Waals surface area contributed by atoms with Crippen molar-refractivity contribution in [3.8, 4) is 0 Å². The lowest BCUT2D eigenvalue weighted by Gasteiger charge is -2.09. The van der Waals surface area contributed by atoms with Crippen molar-refractivity contribution in [1.82, 2.24) is 0 Å². The van der Waals surface area contributed by atoms with Crippen molar-refractivity contribution in [2.24, 2.45) is 0 Å². The van der Waals surface area contributed by atoms with E-state index in [1.54, 1.807) is 0 Å². The molecule has 0 amide bonds. The highest BCUT2D eigenvalue weighted by molar-refractivity contribution is 9.10. The first-order valence-corrected chi connectivity index (χ1v) is 5.01. The molecular weight excluding hydrogens is 214 g/mol. The Balaban J connectivity index is 3.13. The third kappa shape index (κ3) is 1.81. The summed E-state index contributed by atoms with van der Waals surface area (Å²) >= 11 is 3.25. The van der Waals surface area contributed by atoms with E-state index in [9.17, 15) is 0 Å². The number of benzene rings is 1. The lowest BCUT2D eigenvalue weighted by atomic mass is 10.0. The molecule has 1 nitrogen and oxygen atoms in total. The maximum absolute atomic E-state index is 3.25. The number of nitrogens with one attached hydrogen (secondary N) is 1. The summed E-state index contributed by atoms with van der Waals surface area (Å²) in [6.07, 6.45) is 2.10. The second kappa shape index (κ2) is 4.51. The summed E-state index contributed by atoms with van der Waals surface area (Å²) < 4.78 is 3.01. The Labute approximate surface area is 82.5 Å². The average Bonchev–Trinajstić information content (AvgIpc) is 2.16. The molecule has 0 saturated heterocycles. The molecule has 12 heavy (non-hydrogen) atoms. The van der Waals surface area contributed by atoms with Gasteiger partial charge in [-0.3, -0.25) is 0 Å². The maximum Gasteiger partial charge on any atom is 0.0476 e. The van der Waals surface area contributed by atoms with Crippen LogP contribution in [0.3, 0.4) is 0 Å². The Bertz CT molecular complexity index is 236. The van der Waals surface area contributed by atoms with Crippen LogP contribution >= 0.6 is 16.1 Å². The zero-order valence-corrected chi connectivity index (χ0v) is 9.03. The minimum atomic E-state index is 1.05. The summed E-state index contributed by atoms with van der Waals surface area (Å²) in [5.74, 6) is 0. The highest BCUT2D eigenvalue weighted by Gasteiger charge is 2.03. The molecular formula is C10H13BrN. The standard InChI is InChI=1S/C10H13BrN/c1-3-8-6-5-7-10(12-11)9(8)4-2/h5,7,12H,3-4H2,1-2H3. The van der Waals surface area contributed by atoms with Crippen LogP contribution in [0.5, 0.6) is 0 Å². The molecule has 0 bridgehead atoms. The summed E-state index contributed by atoms with van der Waals surface area (Å²) in [5.41, 5.74) is 3.83. The van der Waals surface area contributed by atoms with Crippen LogP contribution in [0, 0.1) is 6.07 Å². The number of anilines is 1. The highest BCUT2D eigenvalue weighted by atomic mass is 79.9. The molecule has 0 unspecified atom stereocenters. The van der Waals surface area contributed by atoms with E-state index in [0.29, 0.717) is 0 Å². The van der Waals surface area contributed by atoms with Crippen LogP contribution < -0.4 is 4.34 Å². The van der Waals surface area contributed by atoms with E-state index in [-0.39, 0.29) is 0 Å². The molecule has 0 aliphatic rings. The topological polar surface area (TPSA) is 12.0 Å². The summed E-state index contributed by atoms with van der Waals surface area (Å²) in [6, 6.07) is 7.25. The predicted octanol–water partition coefficient (Wildman–Crippen LogP) is 3.33. The first-order chi connectivity index (χ1) is 5.83. The van der Waals surface area contributed by atoms with Gasteiger partial charge in [0.05, 0.1) is 0 Å². The highest BCUT2D eigenvalue weighted by Crippen LogP contribution is 2.21. The van der Waals surface area contributed by atoms with Crippen molar-refractivity contribution in [2.45, 2.75) is 26.7 Å². The molecule has 0 spiro atoms. The fraction of sp³-hybridized carbons (Fsp3) is 0.400. The monoisotopic (exact) mass is 226 g/mol. The predicted molar refractivity (Wildman–Crippen MR) is 56.6 cm³/mol. The number of halogens is 1. The Morgan fingerprint density at radius 3 is 2.67 bits per heavy atom. The zero-order chi connectivity index (χ0) is 8.97. The largest absolute Gasteiger partial charge is 0.322 e. The molecule has 1 radical (unpaired) electrons. The van der Waals surface area contributed by atoms with Gasteiger partial charge in [-0.05, 0) is 36.1 Å². The molecule has 1 rings (SSSR count). The summed E-state index contributed by atoms with van der Waals surface area (Å²) in [4.78, 5) is 0. The van der Waals surface area contributed by atoms with E-state index in [2.05, 4.69) is 40.4 Å². The molecule has 2 heteroatoms. The quantitative estimate of drug-likeness (QED) is 0.781. The van der Waals surface area contributed by atoms with Gasteiger partial charge in [-0.2, -0.15) is 0 Å². The number of aryl methyl sites for hydroxylation is 1. The van der Waals surface area contributed by atoms with Crippen molar-refractivity contribution >= 4 is 21.8 Å². The lowest BCUT2D eigenvalue weighted by molar-refractivity contribution is 1.04. The van der Waals surface area contributed by atoms with Crippen LogP contribution in [0.15, 0.2) is 12.1 Å². The third-order valence-electron chi connectivity index (χ3n) is 2.01. The molecule has 0 atom stereocenters. The van der Waals surface area contributed by atoms with Crippen molar-refractivity contribution in [1.29, 1.82) is 0 Å². The van der Waals surface area contributed by atoms with E-state index in [1.807, 2.05) is 12.1 Å². The smallest absolute Gasteiger partial charge is 0.0476 e. The molecule has 65 valence electrons. The molecule has 1 aromatic carbocycles. The van der Waals surface area contributed by atoms with Crippen LogP contribution in [0.1, 0.15) is 25.0 Å². The van der Waals surface area contributed by atoms with E-state index in [0.717, 1.165) is 18.5 Å². The average molecular weight is 227 g/mol. The van der Waals surface area contributed by atoms with Gasteiger partial charge in [0.25, 0.3) is 0 Å².